The van der Waals surface area contributed by atoms with Gasteiger partial charge in [0, 0.05) is 32.3 Å². The van der Waals surface area contributed by atoms with Crippen LogP contribution in [0.5, 0.6) is 0 Å². The van der Waals surface area contributed by atoms with E-state index in [-0.39, 0.29) is 5.41 Å². The van der Waals surface area contributed by atoms with Crippen LogP contribution in [-0.2, 0) is 20.6 Å². The van der Waals surface area contributed by atoms with Gasteiger partial charge in [-0.3, -0.25) is 5.10 Å². The molecule has 3 rings (SSSR count). The highest BCUT2D eigenvalue weighted by Crippen LogP contribution is 2.40. The highest BCUT2D eigenvalue weighted by Gasteiger charge is 2.33. The number of likely N-dealkylation sites (N-methyl/N-ethyl adjacent to an activating group) is 1. The summed E-state index contributed by atoms with van der Waals surface area (Å²) in [5.74, 6) is 0.646. The lowest BCUT2D eigenvalue weighted by atomic mass is 9.75. The largest absolute Gasteiger partial charge is 0.384 e. The number of rotatable bonds is 11. The van der Waals surface area contributed by atoms with E-state index in [2.05, 4.69) is 28.5 Å². The summed E-state index contributed by atoms with van der Waals surface area (Å²) in [4.78, 5) is 0. The molecule has 2 aliphatic rings. The van der Waals surface area contributed by atoms with Crippen molar-refractivity contribution in [3.8, 4) is 0 Å². The third kappa shape index (κ3) is 5.89. The van der Waals surface area contributed by atoms with Crippen LogP contribution < -0.4 is 5.32 Å². The molecule has 0 radical (unpaired) electrons. The minimum absolute atomic E-state index is 0.0906. The van der Waals surface area contributed by atoms with Crippen LogP contribution >= 0.6 is 0 Å². The molecule has 0 saturated carbocycles. The summed E-state index contributed by atoms with van der Waals surface area (Å²) in [5.41, 5.74) is 4.00. The van der Waals surface area contributed by atoms with Gasteiger partial charge in [-0.1, -0.05) is 13.0 Å². The Morgan fingerprint density at radius 2 is 2.18 bits per heavy atom. The zero-order chi connectivity index (χ0) is 19.7. The fraction of sp³-hybridized carbons (Fsp3) is 0.773. The molecule has 0 aromatic carbocycles. The molecule has 0 amide bonds. The summed E-state index contributed by atoms with van der Waals surface area (Å²) in [6.45, 7) is 8.26. The molecule has 1 aliphatic heterocycles. The predicted octanol–water partition coefficient (Wildman–Crippen LogP) is 3.21. The van der Waals surface area contributed by atoms with Gasteiger partial charge in [-0.2, -0.15) is 5.10 Å². The Hall–Kier alpha value is -1.21. The molecule has 1 atom stereocenters. The second-order valence-corrected chi connectivity index (χ2v) is 8.31. The molecule has 1 aromatic rings. The molecule has 2 heterocycles. The van der Waals surface area contributed by atoms with Gasteiger partial charge in [-0.25, -0.2) is 0 Å². The van der Waals surface area contributed by atoms with Crippen LogP contribution in [0.1, 0.15) is 50.3 Å². The second kappa shape index (κ2) is 11.1. The van der Waals surface area contributed by atoms with E-state index in [0.29, 0.717) is 5.92 Å². The van der Waals surface area contributed by atoms with Crippen LogP contribution in [0.3, 0.4) is 0 Å². The van der Waals surface area contributed by atoms with E-state index < -0.39 is 0 Å². The topological polar surface area (TPSA) is 68.4 Å². The zero-order valence-electron chi connectivity index (χ0n) is 17.6. The second-order valence-electron chi connectivity index (χ2n) is 8.31. The van der Waals surface area contributed by atoms with E-state index >= 15 is 0 Å². The molecule has 1 aromatic heterocycles. The number of methoxy groups -OCH3 is 1. The van der Waals surface area contributed by atoms with E-state index in [4.69, 9.17) is 14.2 Å². The first-order chi connectivity index (χ1) is 13.8. The fourth-order valence-electron chi connectivity index (χ4n) is 4.31. The molecule has 2 N–H and O–H groups in total. The van der Waals surface area contributed by atoms with Gasteiger partial charge >= 0.3 is 0 Å². The molecule has 28 heavy (non-hydrogen) atoms. The van der Waals surface area contributed by atoms with Crippen LogP contribution in [-0.4, -0.2) is 63.4 Å². The van der Waals surface area contributed by atoms with Crippen molar-refractivity contribution in [1.82, 2.24) is 15.5 Å². The van der Waals surface area contributed by atoms with E-state index in [1.807, 2.05) is 6.20 Å². The first-order valence-corrected chi connectivity index (χ1v) is 10.8. The highest BCUT2D eigenvalue weighted by atomic mass is 16.5. The molecule has 158 valence electrons. The summed E-state index contributed by atoms with van der Waals surface area (Å²) in [5, 5.41) is 10.9. The van der Waals surface area contributed by atoms with Crippen LogP contribution in [0.4, 0.5) is 0 Å². The lowest BCUT2D eigenvalue weighted by Crippen LogP contribution is -2.34. The maximum atomic E-state index is 6.19. The SMILES string of the molecule is CCNCCc1cn[nH]c1C1=CCC(COC)(COCC2CCOCC2)CC1. The smallest absolute Gasteiger partial charge is 0.0639 e. The molecule has 1 unspecified atom stereocenters. The molecule has 6 nitrogen and oxygen atoms in total. The number of ether oxygens (including phenoxy) is 3. The average Bonchev–Trinajstić information content (AvgIpc) is 3.18. The number of aromatic nitrogens is 2. The Morgan fingerprint density at radius 1 is 1.32 bits per heavy atom. The summed E-state index contributed by atoms with van der Waals surface area (Å²) >= 11 is 0. The van der Waals surface area contributed by atoms with Gasteiger partial charge in [0.25, 0.3) is 0 Å². The fourth-order valence-corrected chi connectivity index (χ4v) is 4.31. The average molecular weight is 392 g/mol. The monoisotopic (exact) mass is 391 g/mol. The van der Waals surface area contributed by atoms with Crippen LogP contribution in [0.15, 0.2) is 12.3 Å². The van der Waals surface area contributed by atoms with E-state index in [1.54, 1.807) is 7.11 Å². The van der Waals surface area contributed by atoms with Crippen LogP contribution in [0.2, 0.25) is 0 Å². The minimum Gasteiger partial charge on any atom is -0.384 e. The molecule has 1 saturated heterocycles. The maximum absolute atomic E-state index is 6.19. The summed E-state index contributed by atoms with van der Waals surface area (Å²) in [6.07, 6.45) is 10.7. The van der Waals surface area contributed by atoms with Gasteiger partial charge in [-0.05, 0) is 68.7 Å². The first-order valence-electron chi connectivity index (χ1n) is 10.8. The Balaban J connectivity index is 1.56. The molecular formula is C22H37N3O3. The van der Waals surface area contributed by atoms with Gasteiger partial charge in [0.05, 0.1) is 25.1 Å². The predicted molar refractivity (Wildman–Crippen MR) is 111 cm³/mol. The maximum Gasteiger partial charge on any atom is 0.0639 e. The Labute approximate surface area is 169 Å². The van der Waals surface area contributed by atoms with Crippen molar-refractivity contribution < 1.29 is 14.2 Å². The van der Waals surface area contributed by atoms with Gasteiger partial charge < -0.3 is 19.5 Å². The van der Waals surface area contributed by atoms with E-state index in [9.17, 15) is 0 Å². The van der Waals surface area contributed by atoms with Crippen LogP contribution in [0.25, 0.3) is 5.57 Å². The Bertz CT molecular complexity index is 610. The first kappa shape index (κ1) is 21.5. The highest BCUT2D eigenvalue weighted by molar-refractivity contribution is 5.66. The minimum atomic E-state index is 0.0906. The number of nitrogens with one attached hydrogen (secondary N) is 2. The standard InChI is InChI=1S/C22H37N3O3/c1-3-23-11-6-20-14-24-25-21(20)19-4-9-22(10-5-19,16-26-2)17-28-15-18-7-12-27-13-8-18/h4,14,18,23H,3,5-13,15-17H2,1-2H3,(H,24,25). The summed E-state index contributed by atoms with van der Waals surface area (Å²) < 4.78 is 17.2. The van der Waals surface area contributed by atoms with Crippen molar-refractivity contribution in [2.24, 2.45) is 11.3 Å². The molecule has 0 spiro atoms. The molecule has 1 aliphatic carbocycles. The third-order valence-corrected chi connectivity index (χ3v) is 6.12. The number of allylic oxidation sites excluding steroid dienone is 2. The lowest BCUT2D eigenvalue weighted by Gasteiger charge is -2.36. The lowest BCUT2D eigenvalue weighted by molar-refractivity contribution is -0.0375. The van der Waals surface area contributed by atoms with E-state index in [0.717, 1.165) is 84.6 Å². The quantitative estimate of drug-likeness (QED) is 0.567. The van der Waals surface area contributed by atoms with Gasteiger partial charge in [0.2, 0.25) is 0 Å². The number of aromatic amines is 1. The number of hydrogen-bond acceptors (Lipinski definition) is 5. The van der Waals surface area contributed by atoms with Crippen molar-refractivity contribution in [2.75, 3.05) is 53.2 Å². The summed E-state index contributed by atoms with van der Waals surface area (Å²) in [7, 11) is 1.80. The van der Waals surface area contributed by atoms with Gasteiger partial charge in [0.1, 0.15) is 0 Å². The van der Waals surface area contributed by atoms with Crippen molar-refractivity contribution in [3.63, 3.8) is 0 Å². The van der Waals surface area contributed by atoms with Gasteiger partial charge in [0.15, 0.2) is 0 Å². The van der Waals surface area contributed by atoms with Crippen LogP contribution in [0, 0.1) is 11.3 Å². The third-order valence-electron chi connectivity index (χ3n) is 6.12. The van der Waals surface area contributed by atoms with Crippen molar-refractivity contribution >= 4 is 5.57 Å². The summed E-state index contributed by atoms with van der Waals surface area (Å²) in [6, 6.07) is 0. The number of hydrogen-bond donors (Lipinski definition) is 2. The van der Waals surface area contributed by atoms with Gasteiger partial charge in [-0.15, -0.1) is 0 Å². The Kier molecular flexibility index (Phi) is 8.52. The molecular weight excluding hydrogens is 354 g/mol. The molecule has 6 heteroatoms. The molecule has 0 bridgehead atoms. The normalized spacial score (nSPS) is 23.7. The number of nitrogens with zero attached hydrogens (tertiary/aromatic N) is 1. The zero-order valence-corrected chi connectivity index (χ0v) is 17.6. The van der Waals surface area contributed by atoms with Crippen molar-refractivity contribution in [1.29, 1.82) is 0 Å². The Morgan fingerprint density at radius 3 is 2.89 bits per heavy atom. The van der Waals surface area contributed by atoms with Crippen molar-refractivity contribution in [3.05, 3.63) is 23.5 Å². The number of H-pyrrole nitrogens is 1. The van der Waals surface area contributed by atoms with Crippen molar-refractivity contribution in [2.45, 2.75) is 45.4 Å². The van der Waals surface area contributed by atoms with E-state index in [1.165, 1.54) is 16.8 Å². The molecule has 1 fully saturated rings.